The maximum Gasteiger partial charge on any atom is 0.0853 e. The van der Waals surface area contributed by atoms with Gasteiger partial charge in [-0.3, -0.25) is 14.9 Å². The van der Waals surface area contributed by atoms with Crippen LogP contribution in [0.3, 0.4) is 0 Å². The van der Waals surface area contributed by atoms with Gasteiger partial charge in [-0.05, 0) is 29.8 Å². The molecular formula is C15H18N6O. The lowest BCUT2D eigenvalue weighted by Crippen LogP contribution is -2.26. The van der Waals surface area contributed by atoms with Gasteiger partial charge in [-0.25, -0.2) is 0 Å². The lowest BCUT2D eigenvalue weighted by atomic mass is 10.2. The molecule has 2 heterocycles. The van der Waals surface area contributed by atoms with Gasteiger partial charge in [-0.2, -0.15) is 0 Å². The monoisotopic (exact) mass is 298 g/mol. The number of aliphatic hydroxyl groups excluding tert-OH is 1. The zero-order valence-electron chi connectivity index (χ0n) is 12.2. The Morgan fingerprint density at radius 1 is 1.09 bits per heavy atom. The van der Waals surface area contributed by atoms with E-state index in [0.717, 1.165) is 11.4 Å². The van der Waals surface area contributed by atoms with Crippen molar-refractivity contribution in [2.24, 2.45) is 5.11 Å². The normalized spacial score (nSPS) is 10.5. The lowest BCUT2D eigenvalue weighted by molar-refractivity contribution is 0.254. The van der Waals surface area contributed by atoms with E-state index in [2.05, 4.69) is 24.9 Å². The van der Waals surface area contributed by atoms with Crippen molar-refractivity contribution in [1.29, 1.82) is 0 Å². The molecule has 0 aliphatic carbocycles. The first-order valence-corrected chi connectivity index (χ1v) is 7.00. The highest BCUT2D eigenvalue weighted by Crippen LogP contribution is 2.08. The van der Waals surface area contributed by atoms with E-state index in [1.54, 1.807) is 12.3 Å². The Kier molecular flexibility index (Phi) is 6.32. The SMILES string of the molecule is [N-]=[N+]=NCCN(Cc1ccccn1)Cc1cccc(CO)n1. The maximum absolute atomic E-state index is 9.16. The largest absolute Gasteiger partial charge is 0.390 e. The van der Waals surface area contributed by atoms with Crippen LogP contribution in [0, 0.1) is 0 Å². The number of azide groups is 1. The van der Waals surface area contributed by atoms with Crippen molar-refractivity contribution >= 4 is 0 Å². The first-order chi connectivity index (χ1) is 10.8. The van der Waals surface area contributed by atoms with Crippen molar-refractivity contribution in [3.05, 3.63) is 70.1 Å². The van der Waals surface area contributed by atoms with Crippen LogP contribution in [0.5, 0.6) is 0 Å². The van der Waals surface area contributed by atoms with Crippen LogP contribution < -0.4 is 0 Å². The van der Waals surface area contributed by atoms with Crippen molar-refractivity contribution < 1.29 is 5.11 Å². The van der Waals surface area contributed by atoms with Gasteiger partial charge in [-0.1, -0.05) is 17.2 Å². The minimum Gasteiger partial charge on any atom is -0.390 e. The second kappa shape index (κ2) is 8.74. The highest BCUT2D eigenvalue weighted by molar-refractivity contribution is 5.11. The minimum atomic E-state index is -0.0766. The number of nitrogens with zero attached hydrogens (tertiary/aromatic N) is 6. The van der Waals surface area contributed by atoms with Crippen molar-refractivity contribution in [1.82, 2.24) is 14.9 Å². The molecule has 7 nitrogen and oxygen atoms in total. The average molecular weight is 298 g/mol. The van der Waals surface area contributed by atoms with Crippen molar-refractivity contribution in [3.63, 3.8) is 0 Å². The van der Waals surface area contributed by atoms with Gasteiger partial charge >= 0.3 is 0 Å². The van der Waals surface area contributed by atoms with E-state index in [1.165, 1.54) is 0 Å². The number of rotatable bonds is 8. The summed E-state index contributed by atoms with van der Waals surface area (Å²) in [5.41, 5.74) is 10.9. The van der Waals surface area contributed by atoms with Crippen molar-refractivity contribution in [2.45, 2.75) is 19.7 Å². The number of hydrogen-bond donors (Lipinski definition) is 1. The fraction of sp³-hybridized carbons (Fsp3) is 0.333. The molecule has 1 N–H and O–H groups in total. The number of pyridine rings is 2. The van der Waals surface area contributed by atoms with Gasteiger partial charge in [0.25, 0.3) is 0 Å². The third-order valence-corrected chi connectivity index (χ3v) is 3.10. The van der Waals surface area contributed by atoms with Crippen LogP contribution in [-0.2, 0) is 19.7 Å². The van der Waals surface area contributed by atoms with Gasteiger partial charge < -0.3 is 5.11 Å². The second-order valence-electron chi connectivity index (χ2n) is 4.76. The van der Waals surface area contributed by atoms with Crippen LogP contribution in [0.25, 0.3) is 10.4 Å². The molecule has 0 fully saturated rings. The molecule has 2 rings (SSSR count). The van der Waals surface area contributed by atoms with E-state index < -0.39 is 0 Å². The molecule has 22 heavy (non-hydrogen) atoms. The quantitative estimate of drug-likeness (QED) is 0.459. The Morgan fingerprint density at radius 2 is 1.86 bits per heavy atom. The maximum atomic E-state index is 9.16. The third kappa shape index (κ3) is 5.14. The highest BCUT2D eigenvalue weighted by atomic mass is 16.3. The summed E-state index contributed by atoms with van der Waals surface area (Å²) in [6, 6.07) is 11.3. The summed E-state index contributed by atoms with van der Waals surface area (Å²) in [7, 11) is 0. The highest BCUT2D eigenvalue weighted by Gasteiger charge is 2.09. The van der Waals surface area contributed by atoms with E-state index in [1.807, 2.05) is 30.3 Å². The van der Waals surface area contributed by atoms with E-state index in [-0.39, 0.29) is 6.61 Å². The molecule has 0 aliphatic heterocycles. The Labute approximate surface area is 128 Å². The summed E-state index contributed by atoms with van der Waals surface area (Å²) >= 11 is 0. The number of aliphatic hydroxyl groups is 1. The van der Waals surface area contributed by atoms with Crippen LogP contribution >= 0.6 is 0 Å². The van der Waals surface area contributed by atoms with Gasteiger partial charge in [0.1, 0.15) is 0 Å². The molecule has 0 saturated carbocycles. The molecular weight excluding hydrogens is 280 g/mol. The van der Waals surface area contributed by atoms with Crippen LogP contribution in [-0.4, -0.2) is 33.1 Å². The van der Waals surface area contributed by atoms with Crippen LogP contribution in [0.1, 0.15) is 17.1 Å². The molecule has 2 aromatic heterocycles. The fourth-order valence-electron chi connectivity index (χ4n) is 2.10. The Morgan fingerprint density at radius 3 is 2.59 bits per heavy atom. The number of hydrogen-bond acceptors (Lipinski definition) is 5. The van der Waals surface area contributed by atoms with Gasteiger partial charge in [0.2, 0.25) is 0 Å². The summed E-state index contributed by atoms with van der Waals surface area (Å²) in [6.45, 7) is 2.18. The topological polar surface area (TPSA) is 98.0 Å². The van der Waals surface area contributed by atoms with Gasteiger partial charge in [0.15, 0.2) is 0 Å². The van der Waals surface area contributed by atoms with E-state index >= 15 is 0 Å². The molecule has 0 aromatic carbocycles. The van der Waals surface area contributed by atoms with Gasteiger partial charge in [0, 0.05) is 37.3 Å². The standard InChI is InChI=1S/C15H18N6O/c16-20-18-8-9-21(10-13-4-1-2-7-17-13)11-14-5-3-6-15(12-22)19-14/h1-7,22H,8-12H2. The van der Waals surface area contributed by atoms with E-state index in [9.17, 15) is 0 Å². The predicted octanol–water partition coefficient (Wildman–Crippen LogP) is 2.28. The zero-order chi connectivity index (χ0) is 15.6. The molecule has 0 radical (unpaired) electrons. The molecule has 2 aromatic rings. The Bertz CT molecular complexity index is 627. The summed E-state index contributed by atoms with van der Waals surface area (Å²) in [5, 5.41) is 12.8. The minimum absolute atomic E-state index is 0.0766. The Balaban J connectivity index is 2.07. The molecule has 0 saturated heterocycles. The third-order valence-electron chi connectivity index (χ3n) is 3.10. The molecule has 0 atom stereocenters. The van der Waals surface area contributed by atoms with E-state index in [0.29, 0.717) is 31.9 Å². The van der Waals surface area contributed by atoms with Gasteiger partial charge in [0.05, 0.1) is 23.7 Å². The molecule has 7 heteroatoms. The first-order valence-electron chi connectivity index (χ1n) is 7.00. The summed E-state index contributed by atoms with van der Waals surface area (Å²) < 4.78 is 0. The van der Waals surface area contributed by atoms with Crippen molar-refractivity contribution in [2.75, 3.05) is 13.1 Å². The van der Waals surface area contributed by atoms with E-state index in [4.69, 9.17) is 10.6 Å². The first kappa shape index (κ1) is 15.9. The molecule has 0 spiro atoms. The molecule has 114 valence electrons. The molecule has 0 amide bonds. The Hall–Kier alpha value is -2.47. The lowest BCUT2D eigenvalue weighted by Gasteiger charge is -2.20. The number of aromatic nitrogens is 2. The molecule has 0 unspecified atom stereocenters. The van der Waals surface area contributed by atoms with Crippen LogP contribution in [0.4, 0.5) is 0 Å². The van der Waals surface area contributed by atoms with Crippen molar-refractivity contribution in [3.8, 4) is 0 Å². The van der Waals surface area contributed by atoms with Crippen LogP contribution in [0.2, 0.25) is 0 Å². The summed E-state index contributed by atoms with van der Waals surface area (Å²) in [5.74, 6) is 0. The average Bonchev–Trinajstić information content (AvgIpc) is 2.56. The smallest absolute Gasteiger partial charge is 0.0853 e. The van der Waals surface area contributed by atoms with Crippen LogP contribution in [0.15, 0.2) is 47.7 Å². The molecule has 0 aliphatic rings. The molecule has 0 bridgehead atoms. The van der Waals surface area contributed by atoms with Gasteiger partial charge in [-0.15, -0.1) is 0 Å². The predicted molar refractivity (Wildman–Crippen MR) is 82.5 cm³/mol. The fourth-order valence-corrected chi connectivity index (χ4v) is 2.10. The zero-order valence-corrected chi connectivity index (χ0v) is 12.2. The summed E-state index contributed by atoms with van der Waals surface area (Å²) in [6.07, 6.45) is 1.76. The summed E-state index contributed by atoms with van der Waals surface area (Å²) in [4.78, 5) is 13.6. The second-order valence-corrected chi connectivity index (χ2v) is 4.76.